The molecule has 1 fully saturated rings. The van der Waals surface area contributed by atoms with E-state index in [-0.39, 0.29) is 35.2 Å². The summed E-state index contributed by atoms with van der Waals surface area (Å²) in [5.41, 5.74) is 0.248. The van der Waals surface area contributed by atoms with Crippen LogP contribution >= 0.6 is 11.8 Å². The molecule has 0 saturated carbocycles. The minimum atomic E-state index is -3.83. The predicted octanol–water partition coefficient (Wildman–Crippen LogP) is 1.99. The highest BCUT2D eigenvalue weighted by Crippen LogP contribution is 2.30. The summed E-state index contributed by atoms with van der Waals surface area (Å²) in [6, 6.07) is 13.7. The first-order valence-corrected chi connectivity index (χ1v) is 12.2. The van der Waals surface area contributed by atoms with Gasteiger partial charge in [-0.3, -0.25) is 9.59 Å². The van der Waals surface area contributed by atoms with E-state index in [9.17, 15) is 18.0 Å². The number of ether oxygens (including phenoxy) is 3. The van der Waals surface area contributed by atoms with Crippen LogP contribution in [0.2, 0.25) is 0 Å². The fourth-order valence-electron chi connectivity index (χ4n) is 2.93. The number of nitrogens with zero attached hydrogens (tertiary/aromatic N) is 1. The summed E-state index contributed by atoms with van der Waals surface area (Å²) in [5.74, 6) is -0.872. The summed E-state index contributed by atoms with van der Waals surface area (Å²) in [7, 11) is -2.46. The normalized spacial score (nSPS) is 14.5. The second kappa shape index (κ2) is 11.3. The average Bonchev–Trinajstić information content (AvgIpc) is 2.82. The number of morpholine rings is 1. The Labute approximate surface area is 191 Å². The number of nitrogens with one attached hydrogen (secondary N) is 1. The van der Waals surface area contributed by atoms with Crippen LogP contribution in [-0.2, 0) is 29.1 Å². The molecule has 9 nitrogen and oxygen atoms in total. The Bertz CT molecular complexity index is 1040. The van der Waals surface area contributed by atoms with E-state index >= 15 is 0 Å². The van der Waals surface area contributed by atoms with E-state index in [1.54, 1.807) is 0 Å². The number of methoxy groups -OCH3 is 1. The lowest BCUT2D eigenvalue weighted by Crippen LogP contribution is -2.40. The van der Waals surface area contributed by atoms with Gasteiger partial charge in [-0.15, -0.1) is 11.8 Å². The SMILES string of the molecule is COc1ccc(NC(=O)COC(=O)CSc2ccccc2)cc1S(=O)(=O)N1CCOCC1. The fourth-order valence-corrected chi connectivity index (χ4v) is 5.23. The first-order valence-electron chi connectivity index (χ1n) is 9.79. The van der Waals surface area contributed by atoms with E-state index in [1.807, 2.05) is 30.3 Å². The van der Waals surface area contributed by atoms with E-state index < -0.39 is 28.5 Å². The molecule has 32 heavy (non-hydrogen) atoms. The Morgan fingerprint density at radius 2 is 1.84 bits per heavy atom. The maximum atomic E-state index is 13.0. The molecule has 0 spiro atoms. The van der Waals surface area contributed by atoms with Gasteiger partial charge in [-0.25, -0.2) is 8.42 Å². The molecule has 1 aliphatic heterocycles. The van der Waals surface area contributed by atoms with Crippen LogP contribution in [0.4, 0.5) is 5.69 Å². The van der Waals surface area contributed by atoms with Crippen molar-refractivity contribution in [3.8, 4) is 5.75 Å². The van der Waals surface area contributed by atoms with Crippen molar-refractivity contribution in [1.82, 2.24) is 4.31 Å². The van der Waals surface area contributed by atoms with Gasteiger partial charge < -0.3 is 19.5 Å². The molecule has 11 heteroatoms. The molecule has 1 aliphatic rings. The van der Waals surface area contributed by atoms with Crippen molar-refractivity contribution >= 4 is 39.3 Å². The lowest BCUT2D eigenvalue weighted by Gasteiger charge is -2.26. The second-order valence-corrected chi connectivity index (χ2v) is 9.65. The summed E-state index contributed by atoms with van der Waals surface area (Å²) in [6.45, 7) is 0.613. The lowest BCUT2D eigenvalue weighted by molar-refractivity contribution is -0.144. The molecule has 0 unspecified atom stereocenters. The molecule has 1 heterocycles. The summed E-state index contributed by atoms with van der Waals surface area (Å²) in [6.07, 6.45) is 0. The highest BCUT2D eigenvalue weighted by molar-refractivity contribution is 8.00. The summed E-state index contributed by atoms with van der Waals surface area (Å²) in [5, 5.41) is 2.55. The maximum Gasteiger partial charge on any atom is 0.316 e. The van der Waals surface area contributed by atoms with Gasteiger partial charge in [0.1, 0.15) is 10.6 Å². The number of anilines is 1. The predicted molar refractivity (Wildman–Crippen MR) is 119 cm³/mol. The van der Waals surface area contributed by atoms with Crippen LogP contribution in [-0.4, -0.2) is 70.4 Å². The summed E-state index contributed by atoms with van der Waals surface area (Å²) in [4.78, 5) is 24.9. The van der Waals surface area contributed by atoms with Gasteiger partial charge in [0.25, 0.3) is 5.91 Å². The second-order valence-electron chi connectivity index (χ2n) is 6.69. The summed E-state index contributed by atoms with van der Waals surface area (Å²) < 4.78 is 42.8. The Morgan fingerprint density at radius 3 is 2.53 bits per heavy atom. The minimum absolute atomic E-state index is 0.0593. The van der Waals surface area contributed by atoms with E-state index in [1.165, 1.54) is 41.4 Å². The van der Waals surface area contributed by atoms with Crippen LogP contribution in [0.3, 0.4) is 0 Å². The van der Waals surface area contributed by atoms with Crippen molar-refractivity contribution in [2.24, 2.45) is 0 Å². The standard InChI is InChI=1S/C21H24N2O7S2/c1-28-18-8-7-16(13-19(18)32(26,27)23-9-11-29-12-10-23)22-20(24)14-30-21(25)15-31-17-5-3-2-4-6-17/h2-8,13H,9-12,14-15H2,1H3,(H,22,24). The molecule has 0 bridgehead atoms. The van der Waals surface area contributed by atoms with E-state index in [0.717, 1.165) is 4.90 Å². The molecule has 172 valence electrons. The molecule has 0 radical (unpaired) electrons. The number of esters is 1. The Hall–Kier alpha value is -2.60. The molecule has 0 aliphatic carbocycles. The molecule has 2 aromatic rings. The largest absolute Gasteiger partial charge is 0.495 e. The number of hydrogen-bond donors (Lipinski definition) is 1. The third-order valence-corrected chi connectivity index (χ3v) is 7.40. The zero-order valence-corrected chi connectivity index (χ0v) is 19.1. The molecule has 2 aromatic carbocycles. The molecule has 3 rings (SSSR count). The Balaban J connectivity index is 1.58. The number of rotatable bonds is 9. The monoisotopic (exact) mass is 480 g/mol. The van der Waals surface area contributed by atoms with Crippen molar-refractivity contribution in [1.29, 1.82) is 0 Å². The van der Waals surface area contributed by atoms with E-state index in [2.05, 4.69) is 5.32 Å². The number of carbonyl (C=O) groups is 2. The van der Waals surface area contributed by atoms with Crippen molar-refractivity contribution in [2.45, 2.75) is 9.79 Å². The third kappa shape index (κ3) is 6.45. The number of sulfonamides is 1. The van der Waals surface area contributed by atoms with Crippen LogP contribution in [0.1, 0.15) is 0 Å². The van der Waals surface area contributed by atoms with Gasteiger partial charge >= 0.3 is 5.97 Å². The van der Waals surface area contributed by atoms with Gasteiger partial charge in [0.2, 0.25) is 10.0 Å². The highest BCUT2D eigenvalue weighted by Gasteiger charge is 2.29. The van der Waals surface area contributed by atoms with Crippen LogP contribution in [0.5, 0.6) is 5.75 Å². The molecule has 1 N–H and O–H groups in total. The van der Waals surface area contributed by atoms with Crippen molar-refractivity contribution in [3.05, 3.63) is 48.5 Å². The van der Waals surface area contributed by atoms with Crippen LogP contribution < -0.4 is 10.1 Å². The quantitative estimate of drug-likeness (QED) is 0.429. The average molecular weight is 481 g/mol. The molecular formula is C21H24N2O7S2. The van der Waals surface area contributed by atoms with E-state index in [0.29, 0.717) is 13.2 Å². The number of amides is 1. The van der Waals surface area contributed by atoms with Crippen LogP contribution in [0.25, 0.3) is 0 Å². The Kier molecular flexibility index (Phi) is 8.51. The first-order chi connectivity index (χ1) is 15.4. The van der Waals surface area contributed by atoms with E-state index in [4.69, 9.17) is 14.2 Å². The fraction of sp³-hybridized carbons (Fsp3) is 0.333. The zero-order valence-electron chi connectivity index (χ0n) is 17.5. The van der Waals surface area contributed by atoms with Gasteiger partial charge in [-0.1, -0.05) is 18.2 Å². The first kappa shape index (κ1) is 24.1. The smallest absolute Gasteiger partial charge is 0.316 e. The number of thioether (sulfide) groups is 1. The van der Waals surface area contributed by atoms with Gasteiger partial charge in [0.15, 0.2) is 6.61 Å². The highest BCUT2D eigenvalue weighted by atomic mass is 32.2. The summed E-state index contributed by atoms with van der Waals surface area (Å²) >= 11 is 1.31. The number of hydrogen-bond acceptors (Lipinski definition) is 8. The molecule has 1 amide bonds. The molecule has 0 aromatic heterocycles. The number of carbonyl (C=O) groups excluding carboxylic acids is 2. The van der Waals surface area contributed by atoms with Gasteiger partial charge in [0, 0.05) is 23.7 Å². The zero-order chi connectivity index (χ0) is 23.0. The molecule has 1 saturated heterocycles. The van der Waals surface area contributed by atoms with Gasteiger partial charge in [-0.2, -0.15) is 4.31 Å². The van der Waals surface area contributed by atoms with Crippen LogP contribution in [0, 0.1) is 0 Å². The number of benzene rings is 2. The Morgan fingerprint density at radius 1 is 1.12 bits per heavy atom. The minimum Gasteiger partial charge on any atom is -0.495 e. The maximum absolute atomic E-state index is 13.0. The topological polar surface area (TPSA) is 111 Å². The van der Waals surface area contributed by atoms with Crippen LogP contribution in [0.15, 0.2) is 58.3 Å². The van der Waals surface area contributed by atoms with Crippen molar-refractivity contribution in [3.63, 3.8) is 0 Å². The lowest BCUT2D eigenvalue weighted by atomic mass is 10.3. The van der Waals surface area contributed by atoms with Crippen molar-refractivity contribution in [2.75, 3.05) is 51.1 Å². The van der Waals surface area contributed by atoms with Gasteiger partial charge in [-0.05, 0) is 30.3 Å². The van der Waals surface area contributed by atoms with Gasteiger partial charge in [0.05, 0.1) is 26.1 Å². The molecular weight excluding hydrogens is 456 g/mol. The third-order valence-electron chi connectivity index (χ3n) is 4.50. The molecule has 0 atom stereocenters. The van der Waals surface area contributed by atoms with Crippen molar-refractivity contribution < 1.29 is 32.2 Å².